The molecule has 0 aliphatic carbocycles. The lowest BCUT2D eigenvalue weighted by Crippen LogP contribution is -2.20. The first kappa shape index (κ1) is 21.2. The van der Waals surface area contributed by atoms with Crippen LogP contribution in [0, 0.1) is 6.92 Å². The van der Waals surface area contributed by atoms with E-state index in [1.165, 1.54) is 0 Å². The molecule has 7 nitrogen and oxygen atoms in total. The van der Waals surface area contributed by atoms with Gasteiger partial charge in [0, 0.05) is 10.7 Å². The quantitative estimate of drug-likeness (QED) is 0.417. The van der Waals surface area contributed by atoms with Crippen LogP contribution >= 0.6 is 11.6 Å². The van der Waals surface area contributed by atoms with E-state index in [2.05, 4.69) is 20.1 Å². The molecule has 3 aromatic carbocycles. The van der Waals surface area contributed by atoms with Crippen LogP contribution in [-0.2, 0) is 10.0 Å². The van der Waals surface area contributed by atoms with Crippen LogP contribution in [0.25, 0.3) is 5.70 Å². The van der Waals surface area contributed by atoms with Gasteiger partial charge in [-0.2, -0.15) is 4.98 Å². The van der Waals surface area contributed by atoms with Crippen LogP contribution in [0.4, 0.5) is 11.9 Å². The van der Waals surface area contributed by atoms with Gasteiger partial charge in [0.15, 0.2) is 0 Å². The molecule has 33 heavy (non-hydrogen) atoms. The summed E-state index contributed by atoms with van der Waals surface area (Å²) in [5, 5.41) is 8.29. The summed E-state index contributed by atoms with van der Waals surface area (Å²) in [7, 11) is -3.84. The minimum absolute atomic E-state index is 0.0298. The molecular weight excluding hydrogens is 458 g/mol. The molecule has 0 bridgehead atoms. The third-order valence-electron chi connectivity index (χ3n) is 5.33. The minimum Gasteiger partial charge on any atom is -0.324 e. The fourth-order valence-corrected chi connectivity index (χ4v) is 4.84. The van der Waals surface area contributed by atoms with Crippen molar-refractivity contribution in [3.8, 4) is 0 Å². The van der Waals surface area contributed by atoms with E-state index in [1.54, 1.807) is 28.9 Å². The lowest BCUT2D eigenvalue weighted by atomic mass is 10.0. The van der Waals surface area contributed by atoms with Gasteiger partial charge in [0.05, 0.1) is 4.90 Å². The Kier molecular flexibility index (Phi) is 5.39. The van der Waals surface area contributed by atoms with Gasteiger partial charge in [-0.25, -0.2) is 17.8 Å². The fraction of sp³-hybridized carbons (Fsp3) is 0.0833. The fourth-order valence-electron chi connectivity index (χ4n) is 3.66. The molecule has 2 N–H and O–H groups in total. The van der Waals surface area contributed by atoms with E-state index in [9.17, 15) is 8.42 Å². The van der Waals surface area contributed by atoms with Crippen LogP contribution in [0.5, 0.6) is 0 Å². The van der Waals surface area contributed by atoms with Crippen LogP contribution in [0.1, 0.15) is 22.7 Å². The molecule has 0 saturated heterocycles. The second-order valence-corrected chi connectivity index (χ2v) is 9.75. The molecule has 2 heterocycles. The maximum atomic E-state index is 12.9. The van der Waals surface area contributed by atoms with E-state index in [0.717, 1.165) is 22.4 Å². The Hall–Kier alpha value is -3.62. The second kappa shape index (κ2) is 8.38. The second-order valence-electron chi connectivity index (χ2n) is 7.66. The molecule has 0 spiro atoms. The van der Waals surface area contributed by atoms with Gasteiger partial charge in [-0.3, -0.25) is 0 Å². The average molecular weight is 478 g/mol. The number of nitrogens with one attached hydrogen (secondary N) is 2. The Balaban J connectivity index is 1.55. The molecule has 0 fully saturated rings. The summed E-state index contributed by atoms with van der Waals surface area (Å²) in [6.07, 6.45) is 2.00. The zero-order valence-electron chi connectivity index (χ0n) is 17.6. The summed E-state index contributed by atoms with van der Waals surface area (Å²) in [5.74, 6) is 0.376. The summed E-state index contributed by atoms with van der Waals surface area (Å²) in [4.78, 5) is 4.57. The van der Waals surface area contributed by atoms with Gasteiger partial charge in [-0.1, -0.05) is 77.8 Å². The monoisotopic (exact) mass is 477 g/mol. The van der Waals surface area contributed by atoms with Gasteiger partial charge in [0.1, 0.15) is 6.04 Å². The Bertz CT molecular complexity index is 1450. The van der Waals surface area contributed by atoms with E-state index in [4.69, 9.17) is 11.6 Å². The zero-order chi connectivity index (χ0) is 23.0. The smallest absolute Gasteiger partial charge is 0.264 e. The highest BCUT2D eigenvalue weighted by Crippen LogP contribution is 2.36. The van der Waals surface area contributed by atoms with E-state index < -0.39 is 10.0 Å². The van der Waals surface area contributed by atoms with E-state index in [0.29, 0.717) is 11.0 Å². The summed E-state index contributed by atoms with van der Waals surface area (Å²) in [6.45, 7) is 1.90. The number of nitrogens with zero attached hydrogens (tertiary/aromatic N) is 3. The number of halogens is 1. The predicted molar refractivity (Wildman–Crippen MR) is 130 cm³/mol. The highest BCUT2D eigenvalue weighted by molar-refractivity contribution is 7.92. The molecule has 1 atom stereocenters. The summed E-state index contributed by atoms with van der Waals surface area (Å²) in [6, 6.07) is 23.5. The van der Waals surface area contributed by atoms with Crippen molar-refractivity contribution >= 4 is 39.2 Å². The van der Waals surface area contributed by atoms with Gasteiger partial charge >= 0.3 is 0 Å². The van der Waals surface area contributed by atoms with Crippen molar-refractivity contribution in [2.75, 3.05) is 10.0 Å². The summed E-state index contributed by atoms with van der Waals surface area (Å²) < 4.78 is 29.8. The lowest BCUT2D eigenvalue weighted by molar-refractivity contribution is 0.598. The highest BCUT2D eigenvalue weighted by Gasteiger charge is 2.28. The van der Waals surface area contributed by atoms with Crippen LogP contribution in [0.3, 0.4) is 0 Å². The molecule has 166 valence electrons. The molecule has 0 unspecified atom stereocenters. The first-order valence-corrected chi connectivity index (χ1v) is 12.1. The molecule has 1 aromatic heterocycles. The van der Waals surface area contributed by atoms with Crippen molar-refractivity contribution in [2.24, 2.45) is 0 Å². The molecule has 1 aliphatic rings. The number of sulfonamides is 1. The summed E-state index contributed by atoms with van der Waals surface area (Å²) >= 11 is 6.50. The zero-order valence-corrected chi connectivity index (χ0v) is 19.2. The number of hydrogen-bond acceptors (Lipinski definition) is 5. The van der Waals surface area contributed by atoms with Crippen LogP contribution < -0.4 is 10.0 Å². The molecule has 0 saturated carbocycles. The van der Waals surface area contributed by atoms with Gasteiger partial charge in [0.2, 0.25) is 5.95 Å². The number of rotatable bonds is 5. The Morgan fingerprint density at radius 1 is 0.970 bits per heavy atom. The van der Waals surface area contributed by atoms with Crippen molar-refractivity contribution in [1.82, 2.24) is 14.8 Å². The maximum absolute atomic E-state index is 12.9. The number of anilines is 2. The summed E-state index contributed by atoms with van der Waals surface area (Å²) in [5.41, 5.74) is 3.59. The number of hydrogen-bond donors (Lipinski definition) is 2. The normalized spacial score (nSPS) is 15.3. The van der Waals surface area contributed by atoms with Crippen molar-refractivity contribution in [3.63, 3.8) is 0 Å². The van der Waals surface area contributed by atoms with Gasteiger partial charge in [-0.15, -0.1) is 5.10 Å². The van der Waals surface area contributed by atoms with Crippen LogP contribution in [0.2, 0.25) is 5.02 Å². The topological polar surface area (TPSA) is 88.9 Å². The number of allylic oxidation sites excluding steroid dienone is 1. The molecule has 5 rings (SSSR count). The van der Waals surface area contributed by atoms with E-state index in [1.807, 2.05) is 67.6 Å². The average Bonchev–Trinajstić information content (AvgIpc) is 3.21. The van der Waals surface area contributed by atoms with Crippen LogP contribution in [-0.4, -0.2) is 23.2 Å². The van der Waals surface area contributed by atoms with E-state index in [-0.39, 0.29) is 16.9 Å². The van der Waals surface area contributed by atoms with Gasteiger partial charge < -0.3 is 5.32 Å². The number of aryl methyl sites for hydroxylation is 1. The Morgan fingerprint density at radius 3 is 2.39 bits per heavy atom. The molecule has 0 radical (unpaired) electrons. The third-order valence-corrected chi connectivity index (χ3v) is 7.02. The van der Waals surface area contributed by atoms with Crippen molar-refractivity contribution in [3.05, 3.63) is 107 Å². The molecule has 0 amide bonds. The Morgan fingerprint density at radius 2 is 1.67 bits per heavy atom. The first-order chi connectivity index (χ1) is 15.9. The maximum Gasteiger partial charge on any atom is 0.264 e. The molecule has 9 heteroatoms. The van der Waals surface area contributed by atoms with Crippen LogP contribution in [0.15, 0.2) is 89.8 Å². The van der Waals surface area contributed by atoms with Gasteiger partial charge in [-0.05, 0) is 42.3 Å². The van der Waals surface area contributed by atoms with Gasteiger partial charge in [0.25, 0.3) is 16.0 Å². The lowest BCUT2D eigenvalue weighted by Gasteiger charge is -2.24. The van der Waals surface area contributed by atoms with Crippen molar-refractivity contribution < 1.29 is 8.42 Å². The van der Waals surface area contributed by atoms with Crippen molar-refractivity contribution in [2.45, 2.75) is 17.9 Å². The SMILES string of the molecule is Cc1ccc(S(=O)(=O)Nc2nc3n(n2)[C@H](c2ccccc2Cl)C=C(c2ccccc2)N3)cc1. The third kappa shape index (κ3) is 4.22. The van der Waals surface area contributed by atoms with Crippen molar-refractivity contribution in [1.29, 1.82) is 0 Å². The minimum atomic E-state index is -3.84. The molecule has 1 aliphatic heterocycles. The highest BCUT2D eigenvalue weighted by atomic mass is 35.5. The molecule has 4 aromatic rings. The largest absolute Gasteiger partial charge is 0.324 e. The predicted octanol–water partition coefficient (Wildman–Crippen LogP) is 5.10. The standard InChI is InChI=1S/C24H20ClN5O2S/c1-16-11-13-18(14-12-16)33(31,32)29-23-27-24-26-21(17-7-3-2-4-8-17)15-22(30(24)28-23)19-9-5-6-10-20(19)25/h2-15,22H,1H3,(H2,26,27,28,29)/t22-/m0/s1. The number of aromatic nitrogens is 3. The first-order valence-electron chi connectivity index (χ1n) is 10.3. The molecular formula is C24H20ClN5O2S. The van der Waals surface area contributed by atoms with E-state index >= 15 is 0 Å². The number of benzene rings is 3. The number of fused-ring (bicyclic) bond motifs is 1. The Labute approximate surface area is 196 Å².